The van der Waals surface area contributed by atoms with E-state index in [9.17, 15) is 0 Å². The van der Waals surface area contributed by atoms with Crippen LogP contribution in [0.4, 0.5) is 5.00 Å². The molecule has 17 heavy (non-hydrogen) atoms. The molecule has 0 spiro atoms. The highest BCUT2D eigenvalue weighted by atomic mass is 32.1. The maximum Gasteiger partial charge on any atom is 0.122 e. The molecule has 1 aromatic carbocycles. The van der Waals surface area contributed by atoms with E-state index in [0.717, 1.165) is 21.9 Å². The van der Waals surface area contributed by atoms with Crippen LogP contribution in [0.25, 0.3) is 11.1 Å². The van der Waals surface area contributed by atoms with Gasteiger partial charge in [-0.05, 0) is 55.7 Å². The van der Waals surface area contributed by atoms with Gasteiger partial charge in [-0.15, -0.1) is 11.3 Å². The summed E-state index contributed by atoms with van der Waals surface area (Å²) in [5.41, 5.74) is 10.7. The van der Waals surface area contributed by atoms with Crippen molar-refractivity contribution in [1.29, 1.82) is 0 Å². The number of methoxy groups -OCH3 is 1. The summed E-state index contributed by atoms with van der Waals surface area (Å²) in [6.07, 6.45) is 0. The molecule has 90 valence electrons. The average molecular weight is 247 g/mol. The first-order valence-electron chi connectivity index (χ1n) is 5.54. The number of aryl methyl sites for hydroxylation is 3. The lowest BCUT2D eigenvalue weighted by atomic mass is 9.99. The van der Waals surface area contributed by atoms with Crippen LogP contribution in [0.2, 0.25) is 0 Å². The molecule has 0 saturated heterocycles. The average Bonchev–Trinajstić information content (AvgIpc) is 2.60. The minimum Gasteiger partial charge on any atom is -0.496 e. The Kier molecular flexibility index (Phi) is 3.11. The minimum absolute atomic E-state index is 0.884. The van der Waals surface area contributed by atoms with Crippen molar-refractivity contribution < 1.29 is 4.74 Å². The van der Waals surface area contributed by atoms with Crippen molar-refractivity contribution in [1.82, 2.24) is 0 Å². The van der Waals surface area contributed by atoms with E-state index in [1.165, 1.54) is 16.0 Å². The fourth-order valence-corrected chi connectivity index (χ4v) is 2.85. The molecule has 1 aromatic heterocycles. The summed E-state index contributed by atoms with van der Waals surface area (Å²) < 4.78 is 5.32. The molecule has 2 rings (SSSR count). The molecule has 0 aliphatic carbocycles. The summed E-state index contributed by atoms with van der Waals surface area (Å²) in [6.45, 7) is 6.22. The van der Waals surface area contributed by atoms with Crippen molar-refractivity contribution in [3.05, 3.63) is 34.2 Å². The zero-order valence-electron chi connectivity index (χ0n) is 10.6. The van der Waals surface area contributed by atoms with Crippen LogP contribution < -0.4 is 10.5 Å². The molecule has 0 bridgehead atoms. The highest BCUT2D eigenvalue weighted by Crippen LogP contribution is 2.37. The van der Waals surface area contributed by atoms with Crippen molar-refractivity contribution in [3.63, 3.8) is 0 Å². The SMILES string of the molecule is COc1cc(C)c(-c2cc(C)sc2N)cc1C. The summed E-state index contributed by atoms with van der Waals surface area (Å²) >= 11 is 1.64. The van der Waals surface area contributed by atoms with Crippen LogP contribution in [0.1, 0.15) is 16.0 Å². The Morgan fingerprint density at radius 1 is 1.00 bits per heavy atom. The van der Waals surface area contributed by atoms with Crippen molar-refractivity contribution >= 4 is 16.3 Å². The molecule has 0 radical (unpaired) electrons. The number of hydrogen-bond acceptors (Lipinski definition) is 3. The van der Waals surface area contributed by atoms with Crippen molar-refractivity contribution in [3.8, 4) is 16.9 Å². The Morgan fingerprint density at radius 3 is 2.24 bits per heavy atom. The number of nitrogens with two attached hydrogens (primary N) is 1. The zero-order chi connectivity index (χ0) is 12.6. The Balaban J connectivity index is 2.60. The third kappa shape index (κ3) is 2.15. The van der Waals surface area contributed by atoms with Crippen LogP contribution in [-0.4, -0.2) is 7.11 Å². The van der Waals surface area contributed by atoms with Gasteiger partial charge in [0.2, 0.25) is 0 Å². The fourth-order valence-electron chi connectivity index (χ4n) is 2.04. The monoisotopic (exact) mass is 247 g/mol. The van der Waals surface area contributed by atoms with Gasteiger partial charge >= 0.3 is 0 Å². The Bertz CT molecular complexity index is 558. The molecule has 3 heteroatoms. The predicted octanol–water partition coefficient (Wildman–Crippen LogP) is 3.93. The van der Waals surface area contributed by atoms with Gasteiger partial charge < -0.3 is 10.5 Å². The van der Waals surface area contributed by atoms with E-state index in [1.807, 2.05) is 0 Å². The van der Waals surface area contributed by atoms with Gasteiger partial charge in [0.1, 0.15) is 5.75 Å². The summed E-state index contributed by atoms with van der Waals surface area (Å²) in [5, 5.41) is 0.884. The second kappa shape index (κ2) is 4.41. The first kappa shape index (κ1) is 12.0. The van der Waals surface area contributed by atoms with Gasteiger partial charge in [0.05, 0.1) is 12.1 Å². The van der Waals surface area contributed by atoms with Gasteiger partial charge in [-0.1, -0.05) is 0 Å². The maximum atomic E-state index is 6.05. The van der Waals surface area contributed by atoms with Crippen LogP contribution in [0.5, 0.6) is 5.75 Å². The van der Waals surface area contributed by atoms with Crippen LogP contribution in [0.15, 0.2) is 18.2 Å². The number of nitrogen functional groups attached to an aromatic ring is 1. The van der Waals surface area contributed by atoms with E-state index in [2.05, 4.69) is 39.0 Å². The van der Waals surface area contributed by atoms with Crippen molar-refractivity contribution in [2.75, 3.05) is 12.8 Å². The molecule has 2 nitrogen and oxygen atoms in total. The molecule has 0 aliphatic heterocycles. The standard InChI is InChI=1S/C14H17NOS/c1-8-6-13(16-4)9(2)5-11(8)12-7-10(3)17-14(12)15/h5-7H,15H2,1-4H3. The van der Waals surface area contributed by atoms with Crippen LogP contribution in [0, 0.1) is 20.8 Å². The molecule has 0 aliphatic rings. The molecule has 1 heterocycles. The summed E-state index contributed by atoms with van der Waals surface area (Å²) in [7, 11) is 1.70. The lowest BCUT2D eigenvalue weighted by Gasteiger charge is -2.11. The molecular formula is C14H17NOS. The fraction of sp³-hybridized carbons (Fsp3) is 0.286. The number of hydrogen-bond donors (Lipinski definition) is 1. The van der Waals surface area contributed by atoms with Gasteiger partial charge in [0.15, 0.2) is 0 Å². The Hall–Kier alpha value is -1.48. The van der Waals surface area contributed by atoms with Gasteiger partial charge in [0.25, 0.3) is 0 Å². The lowest BCUT2D eigenvalue weighted by Crippen LogP contribution is -1.92. The van der Waals surface area contributed by atoms with Crippen molar-refractivity contribution in [2.45, 2.75) is 20.8 Å². The molecule has 0 fully saturated rings. The molecular weight excluding hydrogens is 230 g/mol. The van der Waals surface area contributed by atoms with Gasteiger partial charge in [-0.25, -0.2) is 0 Å². The topological polar surface area (TPSA) is 35.2 Å². The second-order valence-electron chi connectivity index (χ2n) is 4.27. The maximum absolute atomic E-state index is 6.05. The molecule has 0 saturated carbocycles. The van der Waals surface area contributed by atoms with Crippen LogP contribution in [-0.2, 0) is 0 Å². The first-order chi connectivity index (χ1) is 8.02. The van der Waals surface area contributed by atoms with E-state index < -0.39 is 0 Å². The normalized spacial score (nSPS) is 10.6. The smallest absolute Gasteiger partial charge is 0.122 e. The summed E-state index contributed by atoms with van der Waals surface area (Å²) in [5.74, 6) is 0.928. The van der Waals surface area contributed by atoms with Crippen LogP contribution >= 0.6 is 11.3 Å². The molecule has 2 N–H and O–H groups in total. The number of benzene rings is 1. The van der Waals surface area contributed by atoms with Crippen molar-refractivity contribution in [2.24, 2.45) is 0 Å². The Morgan fingerprint density at radius 2 is 1.71 bits per heavy atom. The molecule has 0 unspecified atom stereocenters. The summed E-state index contributed by atoms with van der Waals surface area (Å²) in [4.78, 5) is 1.24. The molecule has 0 atom stereocenters. The van der Waals surface area contributed by atoms with E-state index in [1.54, 1.807) is 18.4 Å². The first-order valence-corrected chi connectivity index (χ1v) is 6.36. The van der Waals surface area contributed by atoms with Gasteiger partial charge in [-0.3, -0.25) is 0 Å². The van der Waals surface area contributed by atoms with E-state index in [-0.39, 0.29) is 0 Å². The summed E-state index contributed by atoms with van der Waals surface area (Å²) in [6, 6.07) is 6.36. The lowest BCUT2D eigenvalue weighted by molar-refractivity contribution is 0.411. The van der Waals surface area contributed by atoms with E-state index in [0.29, 0.717) is 0 Å². The third-order valence-electron chi connectivity index (χ3n) is 2.92. The van der Waals surface area contributed by atoms with E-state index >= 15 is 0 Å². The third-order valence-corrected chi connectivity index (χ3v) is 3.80. The number of rotatable bonds is 2. The predicted molar refractivity (Wildman–Crippen MR) is 74.9 cm³/mol. The minimum atomic E-state index is 0.884. The highest BCUT2D eigenvalue weighted by Gasteiger charge is 2.11. The van der Waals surface area contributed by atoms with Crippen LogP contribution in [0.3, 0.4) is 0 Å². The second-order valence-corrected chi connectivity index (χ2v) is 5.56. The molecule has 2 aromatic rings. The largest absolute Gasteiger partial charge is 0.496 e. The van der Waals surface area contributed by atoms with E-state index in [4.69, 9.17) is 10.5 Å². The number of ether oxygens (including phenoxy) is 1. The number of anilines is 1. The van der Waals surface area contributed by atoms with Gasteiger partial charge in [-0.2, -0.15) is 0 Å². The van der Waals surface area contributed by atoms with Gasteiger partial charge in [0, 0.05) is 10.4 Å². The number of thiophene rings is 1. The zero-order valence-corrected chi connectivity index (χ0v) is 11.4. The molecule has 0 amide bonds. The quantitative estimate of drug-likeness (QED) is 0.872. The highest BCUT2D eigenvalue weighted by molar-refractivity contribution is 7.16. The Labute approximate surface area is 106 Å².